The lowest BCUT2D eigenvalue weighted by Gasteiger charge is -2.32. The summed E-state index contributed by atoms with van der Waals surface area (Å²) in [5.74, 6) is 7.47. The van der Waals surface area contributed by atoms with Crippen molar-refractivity contribution in [3.05, 3.63) is 11.9 Å². The molecule has 100 valence electrons. The summed E-state index contributed by atoms with van der Waals surface area (Å²) in [5.41, 5.74) is 2.55. The minimum atomic E-state index is 0.203. The maximum Gasteiger partial charge on any atom is 0.158 e. The summed E-state index contributed by atoms with van der Waals surface area (Å²) in [6, 6.07) is 1.83. The second-order valence-corrected chi connectivity index (χ2v) is 4.23. The standard InChI is InChI=1S/C11H19N5O2/c1-8-6-16(3-4-18-8)11-5-9(15-12)13-10(14-11)7-17-2/h5,8H,3-4,6-7,12H2,1-2H3,(H,13,14,15). The third kappa shape index (κ3) is 3.06. The zero-order valence-corrected chi connectivity index (χ0v) is 10.7. The molecule has 1 saturated heterocycles. The van der Waals surface area contributed by atoms with E-state index >= 15 is 0 Å². The number of hydrazine groups is 1. The van der Waals surface area contributed by atoms with Gasteiger partial charge in [0.05, 0.1) is 12.7 Å². The van der Waals surface area contributed by atoms with Crippen LogP contribution in [0.5, 0.6) is 0 Å². The van der Waals surface area contributed by atoms with Crippen molar-refractivity contribution in [2.75, 3.05) is 37.1 Å². The predicted octanol–water partition coefficient (Wildman–Crippen LogP) is 0.134. The van der Waals surface area contributed by atoms with Gasteiger partial charge >= 0.3 is 0 Å². The van der Waals surface area contributed by atoms with Crippen LogP contribution in [0.1, 0.15) is 12.7 Å². The highest BCUT2D eigenvalue weighted by Crippen LogP contribution is 2.18. The van der Waals surface area contributed by atoms with Gasteiger partial charge in [0.1, 0.15) is 18.2 Å². The molecule has 7 heteroatoms. The lowest BCUT2D eigenvalue weighted by Crippen LogP contribution is -2.41. The molecule has 1 atom stereocenters. The van der Waals surface area contributed by atoms with Gasteiger partial charge in [0.15, 0.2) is 5.82 Å². The largest absolute Gasteiger partial charge is 0.377 e. The minimum Gasteiger partial charge on any atom is -0.377 e. The normalized spacial score (nSPS) is 19.9. The van der Waals surface area contributed by atoms with E-state index in [1.165, 1.54) is 0 Å². The van der Waals surface area contributed by atoms with Gasteiger partial charge in [-0.15, -0.1) is 0 Å². The van der Waals surface area contributed by atoms with E-state index < -0.39 is 0 Å². The van der Waals surface area contributed by atoms with Crippen LogP contribution in [0.4, 0.5) is 11.6 Å². The van der Waals surface area contributed by atoms with Gasteiger partial charge in [-0.1, -0.05) is 0 Å². The van der Waals surface area contributed by atoms with Crippen molar-refractivity contribution < 1.29 is 9.47 Å². The number of nitrogens with zero attached hydrogens (tertiary/aromatic N) is 3. The zero-order valence-electron chi connectivity index (χ0n) is 10.7. The first kappa shape index (κ1) is 13.0. The average molecular weight is 253 g/mol. The van der Waals surface area contributed by atoms with E-state index in [1.807, 2.05) is 13.0 Å². The highest BCUT2D eigenvalue weighted by Gasteiger charge is 2.19. The number of hydrogen-bond donors (Lipinski definition) is 2. The van der Waals surface area contributed by atoms with Gasteiger partial charge in [-0.3, -0.25) is 0 Å². The molecule has 1 aromatic rings. The van der Waals surface area contributed by atoms with Crippen molar-refractivity contribution in [3.8, 4) is 0 Å². The molecule has 0 saturated carbocycles. The van der Waals surface area contributed by atoms with Gasteiger partial charge in [-0.2, -0.15) is 0 Å². The summed E-state index contributed by atoms with van der Waals surface area (Å²) in [7, 11) is 1.61. The van der Waals surface area contributed by atoms with Gasteiger partial charge in [-0.25, -0.2) is 15.8 Å². The van der Waals surface area contributed by atoms with Crippen LogP contribution in [0.15, 0.2) is 6.07 Å². The molecule has 0 bridgehead atoms. The van der Waals surface area contributed by atoms with E-state index in [4.69, 9.17) is 15.3 Å². The molecule has 0 radical (unpaired) electrons. The number of ether oxygens (including phenoxy) is 2. The number of anilines is 2. The Bertz CT molecular complexity index is 401. The van der Waals surface area contributed by atoms with Crippen LogP contribution in [0.25, 0.3) is 0 Å². The first-order valence-corrected chi connectivity index (χ1v) is 5.93. The first-order chi connectivity index (χ1) is 8.72. The number of nitrogens with two attached hydrogens (primary N) is 1. The fourth-order valence-electron chi connectivity index (χ4n) is 1.94. The molecule has 1 fully saturated rings. The average Bonchev–Trinajstić information content (AvgIpc) is 2.39. The van der Waals surface area contributed by atoms with Crippen molar-refractivity contribution in [3.63, 3.8) is 0 Å². The SMILES string of the molecule is COCc1nc(NN)cc(N2CCOC(C)C2)n1. The molecule has 1 aliphatic heterocycles. The Balaban J connectivity index is 2.22. The smallest absolute Gasteiger partial charge is 0.158 e. The molecule has 0 aromatic carbocycles. The molecule has 0 aliphatic carbocycles. The summed E-state index contributed by atoms with van der Waals surface area (Å²) in [4.78, 5) is 10.9. The van der Waals surface area contributed by atoms with Gasteiger partial charge in [0, 0.05) is 26.3 Å². The molecule has 2 heterocycles. The molecular weight excluding hydrogens is 234 g/mol. The number of rotatable bonds is 4. The third-order valence-electron chi connectivity index (χ3n) is 2.75. The van der Waals surface area contributed by atoms with Crippen molar-refractivity contribution in [2.45, 2.75) is 19.6 Å². The van der Waals surface area contributed by atoms with Crippen LogP contribution in [0.2, 0.25) is 0 Å². The van der Waals surface area contributed by atoms with Gasteiger partial charge < -0.3 is 19.8 Å². The van der Waals surface area contributed by atoms with Gasteiger partial charge in [0.2, 0.25) is 0 Å². The first-order valence-electron chi connectivity index (χ1n) is 5.93. The van der Waals surface area contributed by atoms with Crippen molar-refractivity contribution in [1.29, 1.82) is 0 Å². The monoisotopic (exact) mass is 253 g/mol. The second kappa shape index (κ2) is 5.94. The molecule has 3 N–H and O–H groups in total. The van der Waals surface area contributed by atoms with E-state index in [-0.39, 0.29) is 6.10 Å². The van der Waals surface area contributed by atoms with Crippen LogP contribution in [-0.2, 0) is 16.1 Å². The number of aromatic nitrogens is 2. The maximum absolute atomic E-state index is 5.51. The Labute approximate surface area is 106 Å². The summed E-state index contributed by atoms with van der Waals surface area (Å²) >= 11 is 0. The Morgan fingerprint density at radius 3 is 3.11 bits per heavy atom. The fourth-order valence-corrected chi connectivity index (χ4v) is 1.94. The van der Waals surface area contributed by atoms with E-state index in [2.05, 4.69) is 20.3 Å². The van der Waals surface area contributed by atoms with Gasteiger partial charge in [-0.05, 0) is 6.92 Å². The topological polar surface area (TPSA) is 85.5 Å². The zero-order chi connectivity index (χ0) is 13.0. The summed E-state index contributed by atoms with van der Waals surface area (Å²) in [6.07, 6.45) is 0.203. The molecule has 1 unspecified atom stereocenters. The quantitative estimate of drug-likeness (QED) is 0.583. The summed E-state index contributed by atoms with van der Waals surface area (Å²) in [6.45, 7) is 4.75. The maximum atomic E-state index is 5.51. The number of nitrogen functional groups attached to an aromatic ring is 1. The molecule has 2 rings (SSSR count). The summed E-state index contributed by atoms with van der Waals surface area (Å²) in [5, 5.41) is 0. The van der Waals surface area contributed by atoms with E-state index in [0.717, 1.165) is 18.9 Å². The number of nitrogens with one attached hydrogen (secondary N) is 1. The van der Waals surface area contributed by atoms with Crippen molar-refractivity contribution in [1.82, 2.24) is 9.97 Å². The van der Waals surface area contributed by atoms with Crippen LogP contribution < -0.4 is 16.2 Å². The Morgan fingerprint density at radius 2 is 2.44 bits per heavy atom. The van der Waals surface area contributed by atoms with Crippen LogP contribution >= 0.6 is 0 Å². The predicted molar refractivity (Wildman–Crippen MR) is 68.2 cm³/mol. The molecule has 1 aromatic heterocycles. The van der Waals surface area contributed by atoms with Crippen molar-refractivity contribution in [2.24, 2.45) is 5.84 Å². The second-order valence-electron chi connectivity index (χ2n) is 4.23. The molecule has 18 heavy (non-hydrogen) atoms. The minimum absolute atomic E-state index is 0.203. The molecule has 0 spiro atoms. The molecule has 0 amide bonds. The Kier molecular flexibility index (Phi) is 4.29. The number of methoxy groups -OCH3 is 1. The van der Waals surface area contributed by atoms with Crippen molar-refractivity contribution >= 4 is 11.6 Å². The van der Waals surface area contributed by atoms with Crippen LogP contribution in [-0.4, -0.2) is 42.9 Å². The molecular formula is C11H19N5O2. The van der Waals surface area contributed by atoms with E-state index in [0.29, 0.717) is 24.9 Å². The Morgan fingerprint density at radius 1 is 1.61 bits per heavy atom. The number of morpholine rings is 1. The lowest BCUT2D eigenvalue weighted by molar-refractivity contribution is 0.0529. The highest BCUT2D eigenvalue weighted by molar-refractivity contribution is 5.49. The Hall–Kier alpha value is -1.44. The van der Waals surface area contributed by atoms with E-state index in [1.54, 1.807) is 7.11 Å². The third-order valence-corrected chi connectivity index (χ3v) is 2.75. The van der Waals surface area contributed by atoms with Gasteiger partial charge in [0.25, 0.3) is 0 Å². The fraction of sp³-hybridized carbons (Fsp3) is 0.636. The number of hydrogen-bond acceptors (Lipinski definition) is 7. The molecule has 7 nitrogen and oxygen atoms in total. The lowest BCUT2D eigenvalue weighted by atomic mass is 10.3. The summed E-state index contributed by atoms with van der Waals surface area (Å²) < 4.78 is 10.6. The van der Waals surface area contributed by atoms with Crippen LogP contribution in [0, 0.1) is 0 Å². The van der Waals surface area contributed by atoms with E-state index in [9.17, 15) is 0 Å². The highest BCUT2D eigenvalue weighted by atomic mass is 16.5. The molecule has 1 aliphatic rings. The van der Waals surface area contributed by atoms with Crippen LogP contribution in [0.3, 0.4) is 0 Å².